The molecule has 0 unspecified atom stereocenters. The molecule has 1 fully saturated rings. The Bertz CT molecular complexity index is 844. The van der Waals surface area contributed by atoms with Crippen LogP contribution in [-0.2, 0) is 0 Å². The highest BCUT2D eigenvalue weighted by Crippen LogP contribution is 2.29. The molecule has 148 valence electrons. The van der Waals surface area contributed by atoms with Crippen LogP contribution in [0.5, 0.6) is 11.5 Å². The summed E-state index contributed by atoms with van der Waals surface area (Å²) in [5, 5.41) is 5.90. The van der Waals surface area contributed by atoms with Gasteiger partial charge in [0.05, 0.1) is 19.9 Å². The van der Waals surface area contributed by atoms with Crippen LogP contribution in [0, 0.1) is 0 Å². The van der Waals surface area contributed by atoms with E-state index in [1.807, 2.05) is 0 Å². The summed E-state index contributed by atoms with van der Waals surface area (Å²) in [6, 6.07) is 12.1. The van der Waals surface area contributed by atoms with E-state index in [0.717, 1.165) is 25.7 Å². The molecule has 2 aromatic carbocycles. The van der Waals surface area contributed by atoms with E-state index in [4.69, 9.17) is 9.47 Å². The highest BCUT2D eigenvalue weighted by atomic mass is 16.5. The number of hydrogen-bond acceptors (Lipinski definition) is 4. The summed E-state index contributed by atoms with van der Waals surface area (Å²) in [6.07, 6.45) is 5.56. The van der Waals surface area contributed by atoms with Gasteiger partial charge in [0.2, 0.25) is 0 Å². The molecule has 0 saturated heterocycles. The van der Waals surface area contributed by atoms with Crippen molar-refractivity contribution in [3.8, 4) is 11.5 Å². The maximum atomic E-state index is 12.7. The van der Waals surface area contributed by atoms with Crippen molar-refractivity contribution in [2.45, 2.75) is 38.1 Å². The van der Waals surface area contributed by atoms with Crippen LogP contribution >= 0.6 is 0 Å². The number of methoxy groups -OCH3 is 2. The Hall–Kier alpha value is -3.02. The molecule has 2 aromatic rings. The van der Waals surface area contributed by atoms with Crippen LogP contribution in [0.4, 0.5) is 5.69 Å². The summed E-state index contributed by atoms with van der Waals surface area (Å²) in [4.78, 5) is 25.3. The third-order valence-electron chi connectivity index (χ3n) is 4.98. The maximum absolute atomic E-state index is 12.7. The first kappa shape index (κ1) is 19.7. The zero-order valence-electron chi connectivity index (χ0n) is 16.3. The maximum Gasteiger partial charge on any atom is 0.255 e. The highest BCUT2D eigenvalue weighted by molar-refractivity contribution is 6.06. The van der Waals surface area contributed by atoms with Crippen LogP contribution in [0.15, 0.2) is 42.5 Å². The van der Waals surface area contributed by atoms with Gasteiger partial charge in [-0.15, -0.1) is 0 Å². The van der Waals surface area contributed by atoms with E-state index in [1.54, 1.807) is 49.6 Å². The fraction of sp³-hybridized carbons (Fsp3) is 0.364. The van der Waals surface area contributed by atoms with Crippen molar-refractivity contribution in [3.05, 3.63) is 53.6 Å². The van der Waals surface area contributed by atoms with Gasteiger partial charge in [0.25, 0.3) is 11.8 Å². The zero-order valence-corrected chi connectivity index (χ0v) is 16.3. The lowest BCUT2D eigenvalue weighted by Gasteiger charge is -2.22. The number of anilines is 1. The lowest BCUT2D eigenvalue weighted by atomic mass is 9.95. The smallest absolute Gasteiger partial charge is 0.255 e. The molecule has 1 saturated carbocycles. The zero-order chi connectivity index (χ0) is 19.9. The van der Waals surface area contributed by atoms with Crippen molar-refractivity contribution in [3.63, 3.8) is 0 Å². The second kappa shape index (κ2) is 9.26. The van der Waals surface area contributed by atoms with E-state index in [1.165, 1.54) is 13.5 Å². The van der Waals surface area contributed by atoms with E-state index >= 15 is 0 Å². The molecule has 0 heterocycles. The topological polar surface area (TPSA) is 76.7 Å². The predicted octanol–water partition coefficient (Wildman–Crippen LogP) is 4.02. The van der Waals surface area contributed by atoms with Crippen LogP contribution in [0.2, 0.25) is 0 Å². The van der Waals surface area contributed by atoms with Crippen LogP contribution in [0.1, 0.15) is 52.8 Å². The number of benzene rings is 2. The van der Waals surface area contributed by atoms with E-state index in [9.17, 15) is 9.59 Å². The minimum atomic E-state index is -0.320. The second-order valence-electron chi connectivity index (χ2n) is 6.91. The Morgan fingerprint density at radius 2 is 1.61 bits per heavy atom. The molecule has 0 aliphatic heterocycles. The van der Waals surface area contributed by atoms with Crippen LogP contribution in [0.3, 0.4) is 0 Å². The van der Waals surface area contributed by atoms with Gasteiger partial charge in [-0.1, -0.05) is 25.3 Å². The van der Waals surface area contributed by atoms with E-state index < -0.39 is 0 Å². The summed E-state index contributed by atoms with van der Waals surface area (Å²) in [5.41, 5.74) is 1.39. The Morgan fingerprint density at radius 3 is 2.29 bits per heavy atom. The van der Waals surface area contributed by atoms with Gasteiger partial charge in [-0.05, 0) is 43.2 Å². The van der Waals surface area contributed by atoms with Gasteiger partial charge in [-0.3, -0.25) is 9.59 Å². The molecule has 6 nitrogen and oxygen atoms in total. The average molecular weight is 382 g/mol. The van der Waals surface area contributed by atoms with Crippen molar-refractivity contribution in [1.29, 1.82) is 0 Å². The first-order valence-corrected chi connectivity index (χ1v) is 9.55. The third kappa shape index (κ3) is 4.82. The van der Waals surface area contributed by atoms with Gasteiger partial charge in [-0.25, -0.2) is 0 Å². The van der Waals surface area contributed by atoms with Crippen LogP contribution < -0.4 is 20.1 Å². The van der Waals surface area contributed by atoms with Gasteiger partial charge in [0.1, 0.15) is 11.5 Å². The lowest BCUT2D eigenvalue weighted by Crippen LogP contribution is -2.36. The Morgan fingerprint density at radius 1 is 0.893 bits per heavy atom. The van der Waals surface area contributed by atoms with Crippen molar-refractivity contribution in [2.24, 2.45) is 0 Å². The number of rotatable bonds is 6. The van der Waals surface area contributed by atoms with E-state index in [0.29, 0.717) is 28.3 Å². The molecule has 0 aromatic heterocycles. The molecular weight excluding hydrogens is 356 g/mol. The quantitative estimate of drug-likeness (QED) is 0.791. The molecule has 3 rings (SSSR count). The highest BCUT2D eigenvalue weighted by Gasteiger charge is 2.18. The summed E-state index contributed by atoms with van der Waals surface area (Å²) in [6.45, 7) is 0. The average Bonchev–Trinajstić information content (AvgIpc) is 2.74. The lowest BCUT2D eigenvalue weighted by molar-refractivity contribution is 0.0927. The van der Waals surface area contributed by atoms with Crippen molar-refractivity contribution >= 4 is 17.5 Å². The monoisotopic (exact) mass is 382 g/mol. The Balaban J connectivity index is 1.72. The number of hydrogen-bond donors (Lipinski definition) is 2. The van der Waals surface area contributed by atoms with Crippen molar-refractivity contribution in [1.82, 2.24) is 5.32 Å². The molecule has 2 N–H and O–H groups in total. The Kier molecular flexibility index (Phi) is 6.53. The van der Waals surface area contributed by atoms with E-state index in [2.05, 4.69) is 10.6 Å². The molecule has 1 aliphatic rings. The molecule has 1 aliphatic carbocycles. The minimum Gasteiger partial charge on any atom is -0.497 e. The summed E-state index contributed by atoms with van der Waals surface area (Å²) < 4.78 is 10.5. The molecule has 28 heavy (non-hydrogen) atoms. The largest absolute Gasteiger partial charge is 0.497 e. The first-order valence-electron chi connectivity index (χ1n) is 9.55. The molecule has 0 spiro atoms. The number of nitrogens with one attached hydrogen (secondary N) is 2. The SMILES string of the molecule is COc1ccc(OC)c(NC(=O)c2cccc(C(=O)NC3CCCCC3)c2)c1. The van der Waals surface area contributed by atoms with Gasteiger partial charge < -0.3 is 20.1 Å². The molecule has 0 radical (unpaired) electrons. The molecular formula is C22H26N2O4. The van der Waals surface area contributed by atoms with Gasteiger partial charge in [-0.2, -0.15) is 0 Å². The van der Waals surface area contributed by atoms with Crippen LogP contribution in [0.25, 0.3) is 0 Å². The van der Waals surface area contributed by atoms with E-state index in [-0.39, 0.29) is 17.9 Å². The fourth-order valence-corrected chi connectivity index (χ4v) is 3.42. The van der Waals surface area contributed by atoms with Crippen LogP contribution in [-0.4, -0.2) is 32.1 Å². The third-order valence-corrected chi connectivity index (χ3v) is 4.98. The van der Waals surface area contributed by atoms with Crippen molar-refractivity contribution in [2.75, 3.05) is 19.5 Å². The predicted molar refractivity (Wildman–Crippen MR) is 108 cm³/mol. The van der Waals surface area contributed by atoms with Gasteiger partial charge in [0, 0.05) is 23.2 Å². The first-order chi connectivity index (χ1) is 13.6. The molecule has 0 atom stereocenters. The number of amides is 2. The molecule has 6 heteroatoms. The summed E-state index contributed by atoms with van der Waals surface area (Å²) >= 11 is 0. The van der Waals surface area contributed by atoms with Gasteiger partial charge >= 0.3 is 0 Å². The Labute approximate surface area is 165 Å². The second-order valence-corrected chi connectivity index (χ2v) is 6.91. The number of ether oxygens (including phenoxy) is 2. The summed E-state index contributed by atoms with van der Waals surface area (Å²) in [7, 11) is 3.09. The normalized spacial score (nSPS) is 14.2. The van der Waals surface area contributed by atoms with Gasteiger partial charge in [0.15, 0.2) is 0 Å². The van der Waals surface area contributed by atoms with Crippen molar-refractivity contribution < 1.29 is 19.1 Å². The summed E-state index contributed by atoms with van der Waals surface area (Å²) in [5.74, 6) is 0.677. The molecule has 2 amide bonds. The standard InChI is InChI=1S/C22H26N2O4/c1-27-18-11-12-20(28-2)19(14-18)24-22(26)16-8-6-7-15(13-16)21(25)23-17-9-4-3-5-10-17/h6-8,11-14,17H,3-5,9-10H2,1-2H3,(H,23,25)(H,24,26). The minimum absolute atomic E-state index is 0.138. The number of carbonyl (C=O) groups excluding carboxylic acids is 2. The fourth-order valence-electron chi connectivity index (χ4n) is 3.42. The molecule has 0 bridgehead atoms. The number of carbonyl (C=O) groups is 2.